The summed E-state index contributed by atoms with van der Waals surface area (Å²) in [6.07, 6.45) is 0.331. The zero-order valence-electron chi connectivity index (χ0n) is 14.1. The molecule has 1 heterocycles. The summed E-state index contributed by atoms with van der Waals surface area (Å²) < 4.78 is 0.936. The highest BCUT2D eigenvalue weighted by atomic mass is 79.9. The predicted molar refractivity (Wildman–Crippen MR) is 103 cm³/mol. The number of carbonyl (C=O) groups is 3. The van der Waals surface area contributed by atoms with Gasteiger partial charge in [-0.05, 0) is 49.2 Å². The first-order valence-electron chi connectivity index (χ1n) is 8.21. The number of hydrogen-bond acceptors (Lipinski definition) is 3. The van der Waals surface area contributed by atoms with Crippen molar-refractivity contribution in [1.82, 2.24) is 5.32 Å². The van der Waals surface area contributed by atoms with Crippen LogP contribution < -0.4 is 16.0 Å². The molecule has 0 aliphatic carbocycles. The predicted octanol–water partition coefficient (Wildman–Crippen LogP) is 3.23. The van der Waals surface area contributed by atoms with E-state index in [4.69, 9.17) is 0 Å². The number of hydrogen-bond donors (Lipinski definition) is 3. The standard InChI is InChI=1S/C19H18BrN3O3/c1-11-10-12(20)6-7-14(11)21-17(24)9-8-16-19(26)22-15-5-3-2-4-13(15)18(25)23-16/h2-7,10,16H,8-9H2,1H3,(H,21,24)(H,22,26)(H,23,25)/t16-/m0/s1. The van der Waals surface area contributed by atoms with E-state index in [-0.39, 0.29) is 30.6 Å². The van der Waals surface area contributed by atoms with Gasteiger partial charge in [0, 0.05) is 16.6 Å². The van der Waals surface area contributed by atoms with Gasteiger partial charge in [-0.1, -0.05) is 28.1 Å². The van der Waals surface area contributed by atoms with Crippen LogP contribution in [0.2, 0.25) is 0 Å². The Hall–Kier alpha value is -2.67. The molecule has 7 heteroatoms. The lowest BCUT2D eigenvalue weighted by molar-refractivity contribution is -0.118. The van der Waals surface area contributed by atoms with Gasteiger partial charge in [0.1, 0.15) is 6.04 Å². The fourth-order valence-electron chi connectivity index (χ4n) is 2.77. The summed E-state index contributed by atoms with van der Waals surface area (Å²) in [4.78, 5) is 36.8. The van der Waals surface area contributed by atoms with Crippen LogP contribution in [0.3, 0.4) is 0 Å². The molecule has 2 aromatic carbocycles. The molecular formula is C19H18BrN3O3. The van der Waals surface area contributed by atoms with Crippen molar-refractivity contribution in [2.45, 2.75) is 25.8 Å². The van der Waals surface area contributed by atoms with E-state index >= 15 is 0 Å². The lowest BCUT2D eigenvalue weighted by Crippen LogP contribution is -2.41. The van der Waals surface area contributed by atoms with Gasteiger partial charge >= 0.3 is 0 Å². The second-order valence-corrected chi connectivity index (χ2v) is 7.02. The molecule has 1 atom stereocenters. The molecule has 0 unspecified atom stereocenters. The highest BCUT2D eigenvalue weighted by Crippen LogP contribution is 2.21. The highest BCUT2D eigenvalue weighted by Gasteiger charge is 2.27. The average molecular weight is 416 g/mol. The minimum absolute atomic E-state index is 0.115. The maximum Gasteiger partial charge on any atom is 0.254 e. The first-order valence-corrected chi connectivity index (χ1v) is 9.00. The summed E-state index contributed by atoms with van der Waals surface area (Å²) in [5.74, 6) is -0.858. The molecular weight excluding hydrogens is 398 g/mol. The third kappa shape index (κ3) is 4.11. The Balaban J connectivity index is 1.61. The topological polar surface area (TPSA) is 87.3 Å². The first kappa shape index (κ1) is 18.1. The Morgan fingerprint density at radius 1 is 1.19 bits per heavy atom. The molecule has 0 saturated carbocycles. The van der Waals surface area contributed by atoms with E-state index in [0.29, 0.717) is 11.3 Å². The molecule has 2 aromatic rings. The number of fused-ring (bicyclic) bond motifs is 1. The van der Waals surface area contributed by atoms with Crippen LogP contribution in [0.15, 0.2) is 46.9 Å². The Labute approximate surface area is 159 Å². The van der Waals surface area contributed by atoms with E-state index in [9.17, 15) is 14.4 Å². The van der Waals surface area contributed by atoms with Gasteiger partial charge in [0.15, 0.2) is 0 Å². The molecule has 0 aromatic heterocycles. The van der Waals surface area contributed by atoms with Crippen molar-refractivity contribution in [2.24, 2.45) is 0 Å². The van der Waals surface area contributed by atoms with E-state index in [1.54, 1.807) is 24.3 Å². The summed E-state index contributed by atoms with van der Waals surface area (Å²) in [7, 11) is 0. The number of aryl methyl sites for hydroxylation is 1. The largest absolute Gasteiger partial charge is 0.340 e. The van der Waals surface area contributed by atoms with Gasteiger partial charge in [0.25, 0.3) is 5.91 Å². The van der Waals surface area contributed by atoms with Crippen LogP contribution in [0.5, 0.6) is 0 Å². The van der Waals surface area contributed by atoms with E-state index in [0.717, 1.165) is 15.7 Å². The molecule has 0 spiro atoms. The average Bonchev–Trinajstić information content (AvgIpc) is 2.72. The van der Waals surface area contributed by atoms with Crippen LogP contribution in [-0.2, 0) is 9.59 Å². The van der Waals surface area contributed by atoms with Crippen LogP contribution in [0.1, 0.15) is 28.8 Å². The lowest BCUT2D eigenvalue weighted by Gasteiger charge is -2.15. The van der Waals surface area contributed by atoms with Crippen molar-refractivity contribution in [3.63, 3.8) is 0 Å². The van der Waals surface area contributed by atoms with Gasteiger partial charge in [-0.15, -0.1) is 0 Å². The maximum atomic E-state index is 12.3. The van der Waals surface area contributed by atoms with Crippen molar-refractivity contribution >= 4 is 45.0 Å². The van der Waals surface area contributed by atoms with E-state index in [2.05, 4.69) is 31.9 Å². The molecule has 3 amide bonds. The molecule has 3 N–H and O–H groups in total. The van der Waals surface area contributed by atoms with Gasteiger partial charge < -0.3 is 16.0 Å². The SMILES string of the molecule is Cc1cc(Br)ccc1NC(=O)CC[C@@H]1NC(=O)c2ccccc2NC1=O. The van der Waals surface area contributed by atoms with Gasteiger partial charge in [-0.2, -0.15) is 0 Å². The van der Waals surface area contributed by atoms with Crippen LogP contribution in [0.4, 0.5) is 11.4 Å². The second-order valence-electron chi connectivity index (χ2n) is 6.11. The third-order valence-corrected chi connectivity index (χ3v) is 4.67. The Bertz CT molecular complexity index is 882. The van der Waals surface area contributed by atoms with Crippen molar-refractivity contribution in [3.8, 4) is 0 Å². The monoisotopic (exact) mass is 415 g/mol. The molecule has 134 valence electrons. The summed E-state index contributed by atoms with van der Waals surface area (Å²) in [6, 6.07) is 11.6. The summed E-state index contributed by atoms with van der Waals surface area (Å²) in [6.45, 7) is 1.90. The van der Waals surface area contributed by atoms with Crippen LogP contribution >= 0.6 is 15.9 Å². The molecule has 0 bridgehead atoms. The van der Waals surface area contributed by atoms with Crippen molar-refractivity contribution in [1.29, 1.82) is 0 Å². The number of benzene rings is 2. The second kappa shape index (κ2) is 7.70. The number of carbonyl (C=O) groups excluding carboxylic acids is 3. The number of para-hydroxylation sites is 1. The summed E-state index contributed by atoms with van der Waals surface area (Å²) in [5, 5.41) is 8.25. The van der Waals surface area contributed by atoms with Gasteiger partial charge in [-0.25, -0.2) is 0 Å². The molecule has 0 fully saturated rings. The molecule has 6 nitrogen and oxygen atoms in total. The Morgan fingerprint density at radius 2 is 1.96 bits per heavy atom. The van der Waals surface area contributed by atoms with E-state index < -0.39 is 6.04 Å². The van der Waals surface area contributed by atoms with Crippen LogP contribution in [0, 0.1) is 6.92 Å². The quantitative estimate of drug-likeness (QED) is 0.715. The fourth-order valence-corrected chi connectivity index (χ4v) is 3.25. The maximum absolute atomic E-state index is 12.3. The van der Waals surface area contributed by atoms with Crippen LogP contribution in [0.25, 0.3) is 0 Å². The minimum Gasteiger partial charge on any atom is -0.340 e. The zero-order chi connectivity index (χ0) is 18.7. The van der Waals surface area contributed by atoms with Crippen LogP contribution in [-0.4, -0.2) is 23.8 Å². The number of nitrogens with one attached hydrogen (secondary N) is 3. The Morgan fingerprint density at radius 3 is 2.73 bits per heavy atom. The molecule has 3 rings (SSSR count). The first-order chi connectivity index (χ1) is 12.4. The zero-order valence-corrected chi connectivity index (χ0v) is 15.7. The minimum atomic E-state index is -0.758. The third-order valence-electron chi connectivity index (χ3n) is 4.17. The molecule has 0 radical (unpaired) electrons. The number of rotatable bonds is 4. The van der Waals surface area contributed by atoms with Gasteiger partial charge in [0.05, 0.1) is 11.3 Å². The highest BCUT2D eigenvalue weighted by molar-refractivity contribution is 9.10. The van der Waals surface area contributed by atoms with Gasteiger partial charge in [-0.3, -0.25) is 14.4 Å². The normalized spacial score (nSPS) is 16.2. The van der Waals surface area contributed by atoms with E-state index in [1.165, 1.54) is 0 Å². The number of amides is 3. The molecule has 26 heavy (non-hydrogen) atoms. The molecule has 1 aliphatic heterocycles. The summed E-state index contributed by atoms with van der Waals surface area (Å²) in [5.41, 5.74) is 2.55. The van der Waals surface area contributed by atoms with Crippen molar-refractivity contribution < 1.29 is 14.4 Å². The summed E-state index contributed by atoms with van der Waals surface area (Å²) >= 11 is 3.38. The van der Waals surface area contributed by atoms with Crippen molar-refractivity contribution in [2.75, 3.05) is 10.6 Å². The Kier molecular flexibility index (Phi) is 5.37. The number of anilines is 2. The van der Waals surface area contributed by atoms with Gasteiger partial charge in [0.2, 0.25) is 11.8 Å². The number of halogens is 1. The molecule has 0 saturated heterocycles. The van der Waals surface area contributed by atoms with Crippen molar-refractivity contribution in [3.05, 3.63) is 58.1 Å². The smallest absolute Gasteiger partial charge is 0.254 e. The molecule has 1 aliphatic rings. The fraction of sp³-hybridized carbons (Fsp3) is 0.211. The lowest BCUT2D eigenvalue weighted by atomic mass is 10.1. The van der Waals surface area contributed by atoms with E-state index in [1.807, 2.05) is 25.1 Å².